The van der Waals surface area contributed by atoms with Crippen LogP contribution in [-0.4, -0.2) is 44.5 Å². The van der Waals surface area contributed by atoms with Crippen molar-refractivity contribution < 1.29 is 54.1 Å². The summed E-state index contributed by atoms with van der Waals surface area (Å²) in [5.74, 6) is 0. The van der Waals surface area contributed by atoms with Gasteiger partial charge in [0.05, 0.1) is 0 Å². The zero-order valence-corrected chi connectivity index (χ0v) is 14.5. The summed E-state index contributed by atoms with van der Waals surface area (Å²) in [5, 5.41) is 8.21. The Morgan fingerprint density at radius 3 is 1.48 bits per heavy atom. The Balaban J connectivity index is 3.68. The summed E-state index contributed by atoms with van der Waals surface area (Å²) >= 11 is 8.68. The molecule has 160 valence electrons. The third kappa shape index (κ3) is 4.27. The number of hydrogen-bond donors (Lipinski definition) is 2. The fourth-order valence-electron chi connectivity index (χ4n) is 2.77. The summed E-state index contributed by atoms with van der Waals surface area (Å²) in [6.45, 7) is 0. The van der Waals surface area contributed by atoms with Crippen LogP contribution in [0.1, 0.15) is 32.1 Å². The van der Waals surface area contributed by atoms with E-state index in [1.54, 1.807) is 0 Å². The van der Waals surface area contributed by atoms with Crippen molar-refractivity contribution >= 4 is 23.2 Å². The van der Waals surface area contributed by atoms with Gasteiger partial charge in [0.25, 0.3) is 5.60 Å². The molecule has 0 aromatic heterocycles. The van der Waals surface area contributed by atoms with Crippen molar-refractivity contribution in [1.29, 1.82) is 0 Å². The molecule has 0 aliphatic heterocycles. The molecule has 0 saturated carbocycles. The average Bonchev–Trinajstić information content (AvgIpc) is 2.42. The second-order valence-corrected chi connectivity index (χ2v) is 6.98. The Morgan fingerprint density at radius 1 is 0.704 bits per heavy atom. The van der Waals surface area contributed by atoms with Crippen molar-refractivity contribution in [3.05, 3.63) is 11.1 Å². The first kappa shape index (κ1) is 24.6. The van der Waals surface area contributed by atoms with Crippen molar-refractivity contribution in [3.63, 3.8) is 0 Å². The summed E-state index contributed by atoms with van der Waals surface area (Å²) in [5.41, 5.74) is -13.2. The smallest absolute Gasteiger partial charge is 0.375 e. The molecule has 1 aliphatic rings. The van der Waals surface area contributed by atoms with E-state index >= 15 is 0 Å². The Labute approximate surface area is 155 Å². The molecule has 0 saturated heterocycles. The van der Waals surface area contributed by atoms with Gasteiger partial charge in [0.2, 0.25) is 5.60 Å². The normalized spacial score (nSPS) is 22.4. The minimum atomic E-state index is -6.16. The van der Waals surface area contributed by atoms with Gasteiger partial charge in [0, 0.05) is 6.42 Å². The molecule has 14 heteroatoms. The number of rotatable bonds is 5. The maximum Gasteiger partial charge on any atom is 0.428 e. The zero-order chi connectivity index (χ0) is 21.7. The largest absolute Gasteiger partial charge is 0.428 e. The van der Waals surface area contributed by atoms with Gasteiger partial charge >= 0.3 is 23.1 Å². The molecule has 1 aliphatic carbocycles. The highest BCUT2D eigenvalue weighted by Crippen LogP contribution is 2.55. The lowest BCUT2D eigenvalue weighted by atomic mass is 9.76. The molecule has 0 aromatic carbocycles. The van der Waals surface area contributed by atoms with E-state index in [0.717, 1.165) is 0 Å². The van der Waals surface area contributed by atoms with Gasteiger partial charge in [0.1, 0.15) is 0 Å². The molecule has 0 aromatic rings. The van der Waals surface area contributed by atoms with Crippen LogP contribution < -0.4 is 0 Å². The van der Waals surface area contributed by atoms with Gasteiger partial charge in [-0.05, 0) is 54.5 Å². The summed E-state index contributed by atoms with van der Waals surface area (Å²) in [4.78, 5) is 0. The Kier molecular flexibility index (Phi) is 6.46. The summed E-state index contributed by atoms with van der Waals surface area (Å²) < 4.78 is 132. The van der Waals surface area contributed by atoms with Crippen molar-refractivity contribution in [2.24, 2.45) is 0 Å². The van der Waals surface area contributed by atoms with Crippen molar-refractivity contribution in [1.82, 2.24) is 0 Å². The molecule has 2 N–H and O–H groups in total. The summed E-state index contributed by atoms with van der Waals surface area (Å²) in [7, 11) is 0. The van der Waals surface area contributed by atoms with E-state index in [-0.39, 0.29) is 12.8 Å². The predicted molar refractivity (Wildman–Crippen MR) is 73.7 cm³/mol. The van der Waals surface area contributed by atoms with Crippen LogP contribution in [-0.2, 0) is 0 Å². The van der Waals surface area contributed by atoms with E-state index in [4.69, 9.17) is 0 Å². The zero-order valence-electron chi connectivity index (χ0n) is 13.0. The van der Waals surface area contributed by atoms with Crippen molar-refractivity contribution in [2.45, 2.75) is 66.4 Å². The Morgan fingerprint density at radius 2 is 1.15 bits per heavy atom. The van der Waals surface area contributed by atoms with Gasteiger partial charge in [-0.25, -0.2) is 0 Å². The summed E-state index contributed by atoms with van der Waals surface area (Å²) in [6, 6.07) is 0. The highest BCUT2D eigenvalue weighted by atomic mass is 35.5. The van der Waals surface area contributed by atoms with Crippen LogP contribution in [0.4, 0.5) is 43.9 Å². The first-order valence-electron chi connectivity index (χ1n) is 7.13. The molecule has 1 rings (SSSR count). The lowest BCUT2D eigenvalue weighted by Gasteiger charge is -2.41. The third-order valence-corrected chi connectivity index (χ3v) is 4.83. The molecule has 0 fully saturated rings. The summed E-state index contributed by atoms with van der Waals surface area (Å²) in [6.07, 6.45) is -16.8. The molecule has 0 radical (unpaired) electrons. The van der Waals surface area contributed by atoms with E-state index in [1.807, 2.05) is 0 Å². The SMILES string of the molecule is OC(CC1=C(C(O)(C(F)(F)F)C(F)(F)Cl)CCCC1)(C(F)(F)F)C(F)(F)Cl. The van der Waals surface area contributed by atoms with E-state index < -0.39 is 64.7 Å². The van der Waals surface area contributed by atoms with Gasteiger partial charge < -0.3 is 10.2 Å². The quantitative estimate of drug-likeness (QED) is 0.323. The van der Waals surface area contributed by atoms with Gasteiger partial charge in [-0.3, -0.25) is 0 Å². The van der Waals surface area contributed by atoms with Crippen LogP contribution in [0.2, 0.25) is 0 Å². The van der Waals surface area contributed by atoms with Crippen LogP contribution in [0.5, 0.6) is 0 Å². The Bertz CT molecular complexity index is 558. The lowest BCUT2D eigenvalue weighted by molar-refractivity contribution is -0.310. The molecule has 0 bridgehead atoms. The second-order valence-electron chi connectivity index (χ2n) is 6.03. The molecular weight excluding hydrogens is 449 g/mol. The predicted octanol–water partition coefficient (Wildman–Crippen LogP) is 5.50. The topological polar surface area (TPSA) is 40.5 Å². The maximum atomic E-state index is 13.4. The van der Waals surface area contributed by atoms with Gasteiger partial charge in [0.15, 0.2) is 0 Å². The highest BCUT2D eigenvalue weighted by molar-refractivity contribution is 6.23. The van der Waals surface area contributed by atoms with Gasteiger partial charge in [-0.15, -0.1) is 0 Å². The van der Waals surface area contributed by atoms with Crippen LogP contribution in [0.3, 0.4) is 0 Å². The molecule has 2 atom stereocenters. The number of halogens is 12. The number of hydrogen-bond acceptors (Lipinski definition) is 2. The van der Waals surface area contributed by atoms with Crippen molar-refractivity contribution in [2.75, 3.05) is 0 Å². The molecule has 2 nitrogen and oxygen atoms in total. The first-order chi connectivity index (χ1) is 11.7. The fourth-order valence-corrected chi connectivity index (χ4v) is 3.17. The molecule has 27 heavy (non-hydrogen) atoms. The molecular formula is C13H12Cl2F10O2. The lowest BCUT2D eigenvalue weighted by Crippen LogP contribution is -2.59. The first-order valence-corrected chi connectivity index (χ1v) is 7.89. The minimum absolute atomic E-state index is 0.164. The monoisotopic (exact) mass is 460 g/mol. The van der Waals surface area contributed by atoms with Crippen LogP contribution in [0.15, 0.2) is 11.1 Å². The fraction of sp³-hybridized carbons (Fsp3) is 0.846. The van der Waals surface area contributed by atoms with E-state index in [1.165, 1.54) is 0 Å². The van der Waals surface area contributed by atoms with E-state index in [2.05, 4.69) is 23.2 Å². The Hall–Kier alpha value is -0.460. The van der Waals surface area contributed by atoms with Crippen LogP contribution in [0.25, 0.3) is 0 Å². The number of alkyl halides is 12. The number of aliphatic hydroxyl groups is 2. The highest BCUT2D eigenvalue weighted by Gasteiger charge is 2.72. The molecule has 2 unspecified atom stereocenters. The van der Waals surface area contributed by atoms with E-state index in [0.29, 0.717) is 0 Å². The standard InChI is InChI=1S/C13H12Cl2F10O2/c14-10(16,17)8(26,12(20,21)22)5-6-3-1-2-4-7(6)9(27,11(15,18)19)13(23,24)25/h26-27H,1-5H2. The van der Waals surface area contributed by atoms with Crippen LogP contribution in [0, 0.1) is 0 Å². The minimum Gasteiger partial charge on any atom is -0.375 e. The average molecular weight is 461 g/mol. The van der Waals surface area contributed by atoms with Crippen molar-refractivity contribution in [3.8, 4) is 0 Å². The third-order valence-electron chi connectivity index (χ3n) is 4.25. The second kappa shape index (κ2) is 7.10. The van der Waals surface area contributed by atoms with E-state index in [9.17, 15) is 54.1 Å². The molecule has 0 amide bonds. The molecule has 0 heterocycles. The maximum absolute atomic E-state index is 13.4. The van der Waals surface area contributed by atoms with Gasteiger partial charge in [-0.1, -0.05) is 5.57 Å². The van der Waals surface area contributed by atoms with Gasteiger partial charge in [-0.2, -0.15) is 43.9 Å². The van der Waals surface area contributed by atoms with Crippen LogP contribution >= 0.6 is 23.2 Å². The molecule has 0 spiro atoms.